The summed E-state index contributed by atoms with van der Waals surface area (Å²) in [7, 11) is 0. The lowest BCUT2D eigenvalue weighted by atomic mass is 10.4. The minimum absolute atomic E-state index is 0.185. The summed E-state index contributed by atoms with van der Waals surface area (Å²) in [4.78, 5) is 0. The molecule has 0 heterocycles. The first kappa shape index (κ1) is 4.60. The van der Waals surface area contributed by atoms with E-state index in [0.717, 1.165) is 0 Å². The molecule has 0 aliphatic rings. The highest BCUT2D eigenvalue weighted by Gasteiger charge is 1.78. The van der Waals surface area contributed by atoms with Gasteiger partial charge in [-0.25, -0.2) is 0 Å². The van der Waals surface area contributed by atoms with Crippen LogP contribution in [0.5, 0.6) is 0 Å². The topological polar surface area (TPSA) is 34.7 Å². The lowest BCUT2D eigenvalue weighted by Crippen LogP contribution is -1.84. The van der Waals surface area contributed by atoms with E-state index in [2.05, 4.69) is 12.0 Å². The van der Waals surface area contributed by atoms with Gasteiger partial charge in [0.25, 0.3) is 0 Å². The van der Waals surface area contributed by atoms with Gasteiger partial charge in [0.2, 0.25) is 0 Å². The molecule has 1 unspecified atom stereocenters. The first-order valence-corrected chi connectivity index (χ1v) is 1.44. The second kappa shape index (κ2) is 1.88. The molecule has 0 aliphatic heterocycles. The molecular formula is C3H6N2. The van der Waals surface area contributed by atoms with Crippen molar-refractivity contribution in [3.05, 3.63) is 6.92 Å². The number of hydrogen-bond donors (Lipinski definition) is 0. The zero-order valence-electron chi connectivity index (χ0n) is 3.18. The summed E-state index contributed by atoms with van der Waals surface area (Å²) in [5, 5.41) is 2.78. The van der Waals surface area contributed by atoms with Crippen molar-refractivity contribution in [2.24, 2.45) is 5.11 Å². The Morgan fingerprint density at radius 1 is 2.00 bits per heavy atom. The van der Waals surface area contributed by atoms with Gasteiger partial charge in [0.1, 0.15) is 0 Å². The Hall–Kier alpha value is -0.400. The third-order valence-electron chi connectivity index (χ3n) is 0.197. The maximum absolute atomic E-state index is 7.71. The van der Waals surface area contributed by atoms with E-state index in [1.807, 2.05) is 0 Å². The molecule has 0 spiro atoms. The third kappa shape index (κ3) is 3.60. The summed E-state index contributed by atoms with van der Waals surface area (Å²) >= 11 is 0. The van der Waals surface area contributed by atoms with Crippen LogP contribution in [-0.2, 0) is 0 Å². The second-order valence-corrected chi connectivity index (χ2v) is 0.964. The number of hydrogen-bond acceptors (Lipinski definition) is 1. The van der Waals surface area contributed by atoms with Crippen LogP contribution in [0.15, 0.2) is 5.11 Å². The fourth-order valence-corrected chi connectivity index (χ4v) is 0. The van der Waals surface area contributed by atoms with Crippen LogP contribution in [0.3, 0.4) is 0 Å². The van der Waals surface area contributed by atoms with Gasteiger partial charge < -0.3 is 0 Å². The Kier molecular flexibility index (Phi) is 1.73. The van der Waals surface area contributed by atoms with E-state index in [-0.39, 0.29) is 6.04 Å². The molecule has 0 fully saturated rings. The molecule has 0 aromatic rings. The van der Waals surface area contributed by atoms with Gasteiger partial charge in [-0.05, 0) is 19.4 Å². The Balaban J connectivity index is 2.83. The van der Waals surface area contributed by atoms with E-state index in [1.165, 1.54) is 0 Å². The van der Waals surface area contributed by atoms with Gasteiger partial charge in [0.15, 0.2) is 0 Å². The van der Waals surface area contributed by atoms with Crippen LogP contribution in [0.1, 0.15) is 6.92 Å². The van der Waals surface area contributed by atoms with E-state index >= 15 is 0 Å². The van der Waals surface area contributed by atoms with Crippen molar-refractivity contribution in [1.82, 2.24) is 5.53 Å². The summed E-state index contributed by atoms with van der Waals surface area (Å²) in [5.74, 6) is 0. The monoisotopic (exact) mass is 70.1 g/mol. The van der Waals surface area contributed by atoms with Gasteiger partial charge in [0.05, 0.1) is 6.04 Å². The van der Waals surface area contributed by atoms with Crippen LogP contribution in [0, 0.1) is 6.92 Å². The Labute approximate surface area is 31.7 Å². The van der Waals surface area contributed by atoms with Gasteiger partial charge in [-0.2, -0.15) is 5.11 Å². The summed E-state index contributed by atoms with van der Waals surface area (Å²) in [5.41, 5.74) is 7.71. The van der Waals surface area contributed by atoms with Gasteiger partial charge in [-0.1, -0.05) is 0 Å². The summed E-state index contributed by atoms with van der Waals surface area (Å²) in [6.45, 7) is 5.03. The summed E-state index contributed by atoms with van der Waals surface area (Å²) in [6.07, 6.45) is 0. The van der Waals surface area contributed by atoms with Gasteiger partial charge in [-0.3, -0.25) is 0 Å². The highest BCUT2D eigenvalue weighted by Crippen LogP contribution is 1.76. The summed E-state index contributed by atoms with van der Waals surface area (Å²) < 4.78 is 0. The quantitative estimate of drug-likeness (QED) is 0.402. The van der Waals surface area contributed by atoms with E-state index < -0.39 is 0 Å². The molecule has 1 atom stereocenters. The zero-order chi connectivity index (χ0) is 4.28. The lowest BCUT2D eigenvalue weighted by molar-refractivity contribution is 0.858. The average molecular weight is 70.1 g/mol. The highest BCUT2D eigenvalue weighted by molar-refractivity contribution is 4.53. The molecule has 2 heteroatoms. The molecule has 0 saturated carbocycles. The Morgan fingerprint density at radius 3 is 2.20 bits per heavy atom. The lowest BCUT2D eigenvalue weighted by Gasteiger charge is -1.80. The van der Waals surface area contributed by atoms with Crippen molar-refractivity contribution in [3.63, 3.8) is 0 Å². The van der Waals surface area contributed by atoms with Crippen molar-refractivity contribution in [2.75, 3.05) is 0 Å². The average Bonchev–Trinajstić information content (AvgIpc) is 1.38. The largest absolute Gasteiger partial charge is 0.164 e. The van der Waals surface area contributed by atoms with Crippen LogP contribution in [0.4, 0.5) is 0 Å². The predicted octanol–water partition coefficient (Wildman–Crippen LogP) is 0.461. The fourth-order valence-electron chi connectivity index (χ4n) is 0. The molecule has 2 radical (unpaired) electrons. The van der Waals surface area contributed by atoms with E-state index in [1.54, 1.807) is 6.92 Å². The molecule has 0 aliphatic carbocycles. The normalized spacial score (nSPS) is 8.60. The maximum atomic E-state index is 7.71. The molecule has 0 aromatic heterocycles. The highest BCUT2D eigenvalue weighted by atomic mass is 15.0. The molecule has 2 nitrogen and oxygen atoms in total. The van der Waals surface area contributed by atoms with Gasteiger partial charge >= 0.3 is 0 Å². The van der Waals surface area contributed by atoms with E-state index in [4.69, 9.17) is 5.53 Å². The molecule has 0 amide bonds. The minimum atomic E-state index is -0.185. The van der Waals surface area contributed by atoms with Crippen LogP contribution in [-0.4, -0.2) is 6.04 Å². The molecule has 28 valence electrons. The van der Waals surface area contributed by atoms with Crippen LogP contribution in [0.2, 0.25) is 0 Å². The van der Waals surface area contributed by atoms with Crippen LogP contribution >= 0.6 is 0 Å². The molecule has 5 heavy (non-hydrogen) atoms. The van der Waals surface area contributed by atoms with Crippen molar-refractivity contribution in [2.45, 2.75) is 13.0 Å². The molecule has 0 bridgehead atoms. The first-order chi connectivity index (χ1) is 2.27. The maximum Gasteiger partial charge on any atom is 0.0703 e. The van der Waals surface area contributed by atoms with Crippen molar-refractivity contribution in [1.29, 1.82) is 0 Å². The number of nitrogens with zero attached hydrogens (tertiary/aromatic N) is 2. The minimum Gasteiger partial charge on any atom is -0.164 e. The molecule has 0 aromatic carbocycles. The second-order valence-electron chi connectivity index (χ2n) is 0.964. The van der Waals surface area contributed by atoms with E-state index in [0.29, 0.717) is 0 Å². The SMILES string of the molecule is [CH2]C(C)N=[N]. The predicted molar refractivity (Wildman–Crippen MR) is 19.4 cm³/mol. The first-order valence-electron chi connectivity index (χ1n) is 1.44. The Bertz CT molecular complexity index is 31.9. The number of rotatable bonds is 1. The molecule has 0 saturated heterocycles. The molecular weight excluding hydrogens is 64.0 g/mol. The standard InChI is InChI=1S/C3H6N2/c1-3(2)5-4/h3H,1H2,2H3. The van der Waals surface area contributed by atoms with Gasteiger partial charge in [-0.15, -0.1) is 0 Å². The smallest absolute Gasteiger partial charge is 0.0703 e. The Morgan fingerprint density at radius 2 is 2.20 bits per heavy atom. The fraction of sp³-hybridized carbons (Fsp3) is 0.667. The van der Waals surface area contributed by atoms with Crippen molar-refractivity contribution >= 4 is 0 Å². The van der Waals surface area contributed by atoms with E-state index in [9.17, 15) is 0 Å². The van der Waals surface area contributed by atoms with Gasteiger partial charge in [0, 0.05) is 0 Å². The summed E-state index contributed by atoms with van der Waals surface area (Å²) in [6, 6.07) is -0.185. The third-order valence-corrected chi connectivity index (χ3v) is 0.197. The van der Waals surface area contributed by atoms with Crippen LogP contribution in [0.25, 0.3) is 0 Å². The van der Waals surface area contributed by atoms with Crippen molar-refractivity contribution < 1.29 is 0 Å². The van der Waals surface area contributed by atoms with Crippen molar-refractivity contribution in [3.8, 4) is 0 Å². The zero-order valence-corrected chi connectivity index (χ0v) is 3.18. The van der Waals surface area contributed by atoms with Crippen LogP contribution < -0.4 is 5.53 Å². The molecule has 0 rings (SSSR count). The molecule has 0 N–H and O–H groups in total.